The molecule has 13 heavy (non-hydrogen) atoms. The normalized spacial score (nSPS) is 39.8. The zero-order valence-corrected chi connectivity index (χ0v) is 7.62. The lowest BCUT2D eigenvalue weighted by molar-refractivity contribution is -0.144. The van der Waals surface area contributed by atoms with Crippen LogP contribution in [0, 0.1) is 11.3 Å². The first-order chi connectivity index (χ1) is 6.19. The van der Waals surface area contributed by atoms with Gasteiger partial charge >= 0.3 is 5.97 Å². The monoisotopic (exact) mass is 183 g/mol. The first-order valence-corrected chi connectivity index (χ1v) is 4.53. The molecule has 1 N–H and O–H groups in total. The van der Waals surface area contributed by atoms with Gasteiger partial charge < -0.3 is 9.94 Å². The van der Waals surface area contributed by atoms with Crippen LogP contribution in [0.25, 0.3) is 0 Å². The zero-order valence-electron chi connectivity index (χ0n) is 7.62. The Bertz CT molecular complexity index is 274. The van der Waals surface area contributed by atoms with E-state index in [1.54, 1.807) is 0 Å². The number of hydrogen-bond donors (Lipinski definition) is 1. The molecule has 0 aliphatic heterocycles. The van der Waals surface area contributed by atoms with Crippen molar-refractivity contribution in [2.75, 3.05) is 7.11 Å². The van der Waals surface area contributed by atoms with Crippen LogP contribution in [0.1, 0.15) is 25.7 Å². The Balaban J connectivity index is 2.33. The number of fused-ring (bicyclic) bond motifs is 2. The zero-order chi connectivity index (χ0) is 9.47. The molecule has 0 aromatic heterocycles. The van der Waals surface area contributed by atoms with Gasteiger partial charge in [-0.15, -0.1) is 0 Å². The lowest BCUT2D eigenvalue weighted by Gasteiger charge is -2.21. The minimum Gasteiger partial charge on any atom is -0.481 e. The number of nitrogens with zero attached hydrogens (tertiary/aromatic N) is 1. The highest BCUT2D eigenvalue weighted by Crippen LogP contribution is 2.52. The predicted octanol–water partition coefficient (Wildman–Crippen LogP) is 1.26. The highest BCUT2D eigenvalue weighted by atomic mass is 16.6. The average molecular weight is 183 g/mol. The third-order valence-corrected chi connectivity index (χ3v) is 3.26. The molecule has 4 heteroatoms. The maximum atomic E-state index is 11.1. The lowest BCUT2D eigenvalue weighted by Crippen LogP contribution is -2.34. The number of carbonyl (C=O) groups is 1. The molecule has 2 saturated carbocycles. The van der Waals surface area contributed by atoms with Gasteiger partial charge in [-0.2, -0.15) is 0 Å². The summed E-state index contributed by atoms with van der Waals surface area (Å²) in [5, 5.41) is 13.0. The second-order valence-corrected chi connectivity index (χ2v) is 3.92. The summed E-state index contributed by atoms with van der Waals surface area (Å²) in [6.45, 7) is 0. The lowest BCUT2D eigenvalue weighted by atomic mass is 9.82. The van der Waals surface area contributed by atoms with Gasteiger partial charge in [0, 0.05) is 0 Å². The summed E-state index contributed by atoms with van der Waals surface area (Å²) in [5.41, 5.74) is 0.0551. The topological polar surface area (TPSA) is 58.9 Å². The van der Waals surface area contributed by atoms with Crippen LogP contribution in [0.3, 0.4) is 0 Å². The first-order valence-electron chi connectivity index (χ1n) is 4.53. The summed E-state index contributed by atoms with van der Waals surface area (Å²) in [4.78, 5) is 15.8. The highest BCUT2D eigenvalue weighted by molar-refractivity contribution is 6.08. The van der Waals surface area contributed by atoms with Crippen molar-refractivity contribution in [3.05, 3.63) is 0 Å². The van der Waals surface area contributed by atoms with Gasteiger partial charge in [0.15, 0.2) is 0 Å². The number of hydrogen-bond acceptors (Lipinski definition) is 3. The fourth-order valence-corrected chi connectivity index (χ4v) is 2.61. The van der Waals surface area contributed by atoms with Gasteiger partial charge in [0.25, 0.3) is 0 Å². The minimum atomic E-state index is -0.733. The number of oxime groups is 1. The molecular formula is C9H13NO3. The molecule has 0 radical (unpaired) electrons. The van der Waals surface area contributed by atoms with Crippen LogP contribution < -0.4 is 0 Å². The molecule has 2 bridgehead atoms. The molecule has 72 valence electrons. The van der Waals surface area contributed by atoms with Crippen molar-refractivity contribution in [2.24, 2.45) is 16.5 Å². The fourth-order valence-electron chi connectivity index (χ4n) is 2.61. The molecule has 2 aliphatic carbocycles. The molecule has 0 unspecified atom stereocenters. The van der Waals surface area contributed by atoms with Gasteiger partial charge in [-0.1, -0.05) is 5.16 Å². The molecule has 0 saturated heterocycles. The summed E-state index contributed by atoms with van der Waals surface area (Å²) in [6, 6.07) is 0. The average Bonchev–Trinajstić information content (AvgIpc) is 2.62. The third-order valence-electron chi connectivity index (χ3n) is 3.26. The second kappa shape index (κ2) is 2.72. The molecule has 2 aliphatic rings. The van der Waals surface area contributed by atoms with E-state index in [1.165, 1.54) is 7.11 Å². The smallest absolute Gasteiger partial charge is 0.315 e. The number of carboxylic acids is 1. The second-order valence-electron chi connectivity index (χ2n) is 3.92. The van der Waals surface area contributed by atoms with Gasteiger partial charge in [-0.25, -0.2) is 0 Å². The highest BCUT2D eigenvalue weighted by Gasteiger charge is 2.55. The number of carboxylic acid groups (broad SMARTS) is 1. The van der Waals surface area contributed by atoms with Crippen LogP contribution >= 0.6 is 0 Å². The molecule has 2 fully saturated rings. The van der Waals surface area contributed by atoms with E-state index in [1.807, 2.05) is 0 Å². The summed E-state index contributed by atoms with van der Waals surface area (Å²) in [5.74, 6) is -0.215. The molecule has 4 nitrogen and oxygen atoms in total. The first kappa shape index (κ1) is 8.53. The van der Waals surface area contributed by atoms with E-state index in [-0.39, 0.29) is 0 Å². The molecular weight excluding hydrogens is 170 g/mol. The van der Waals surface area contributed by atoms with E-state index in [0.29, 0.717) is 5.92 Å². The summed E-state index contributed by atoms with van der Waals surface area (Å²) in [7, 11) is 1.47. The van der Waals surface area contributed by atoms with Crippen LogP contribution in [0.5, 0.6) is 0 Å². The standard InChI is InChI=1S/C9H13NO3/c1-13-10-7-4-6-2-3-9(7,5-6)8(11)12/h6H,2-5H2,1H3,(H,11,12)/b10-7-/t6-,9-/m0/s1. The van der Waals surface area contributed by atoms with Crippen LogP contribution in [0.15, 0.2) is 5.16 Å². The molecule has 2 atom stereocenters. The Labute approximate surface area is 76.6 Å². The minimum absolute atomic E-state index is 0.519. The summed E-state index contributed by atoms with van der Waals surface area (Å²) in [6.07, 6.45) is 3.31. The fraction of sp³-hybridized carbons (Fsp3) is 0.778. The Kier molecular flexibility index (Phi) is 1.78. The van der Waals surface area contributed by atoms with Crippen molar-refractivity contribution in [3.63, 3.8) is 0 Å². The quantitative estimate of drug-likeness (QED) is 0.656. The predicted molar refractivity (Wildman–Crippen MR) is 46.5 cm³/mol. The van der Waals surface area contributed by atoms with E-state index in [4.69, 9.17) is 5.11 Å². The Morgan fingerprint density at radius 3 is 3.08 bits per heavy atom. The van der Waals surface area contributed by atoms with E-state index >= 15 is 0 Å². The molecule has 0 heterocycles. The van der Waals surface area contributed by atoms with Gasteiger partial charge in [0.1, 0.15) is 12.5 Å². The van der Waals surface area contributed by atoms with E-state index in [9.17, 15) is 4.79 Å². The Morgan fingerprint density at radius 2 is 2.54 bits per heavy atom. The van der Waals surface area contributed by atoms with Crippen LogP contribution in [-0.2, 0) is 9.63 Å². The van der Waals surface area contributed by atoms with Gasteiger partial charge in [-0.05, 0) is 31.6 Å². The van der Waals surface area contributed by atoms with Crippen molar-refractivity contribution < 1.29 is 14.7 Å². The SMILES string of the molecule is CO/N=C1/C[C@@H]2CC[C@]1(C(=O)O)C2. The van der Waals surface area contributed by atoms with Crippen molar-refractivity contribution >= 4 is 11.7 Å². The van der Waals surface area contributed by atoms with E-state index in [2.05, 4.69) is 9.99 Å². The van der Waals surface area contributed by atoms with Crippen molar-refractivity contribution in [1.29, 1.82) is 0 Å². The van der Waals surface area contributed by atoms with Gasteiger partial charge in [-0.3, -0.25) is 4.79 Å². The molecule has 0 aromatic carbocycles. The Morgan fingerprint density at radius 1 is 1.77 bits per heavy atom. The molecule has 0 aromatic rings. The van der Waals surface area contributed by atoms with Crippen LogP contribution in [-0.4, -0.2) is 23.9 Å². The number of rotatable bonds is 2. The van der Waals surface area contributed by atoms with Crippen molar-refractivity contribution in [2.45, 2.75) is 25.7 Å². The van der Waals surface area contributed by atoms with E-state index in [0.717, 1.165) is 31.4 Å². The van der Waals surface area contributed by atoms with Crippen LogP contribution in [0.2, 0.25) is 0 Å². The summed E-state index contributed by atoms with van der Waals surface area (Å²) < 4.78 is 0. The molecule has 2 rings (SSSR count). The maximum absolute atomic E-state index is 11.1. The summed E-state index contributed by atoms with van der Waals surface area (Å²) >= 11 is 0. The molecule has 0 amide bonds. The molecule has 0 spiro atoms. The van der Waals surface area contributed by atoms with Crippen molar-refractivity contribution in [1.82, 2.24) is 0 Å². The van der Waals surface area contributed by atoms with Crippen molar-refractivity contribution in [3.8, 4) is 0 Å². The number of aliphatic carboxylic acids is 1. The van der Waals surface area contributed by atoms with Crippen LogP contribution in [0.4, 0.5) is 0 Å². The largest absolute Gasteiger partial charge is 0.481 e. The Hall–Kier alpha value is -1.06. The third kappa shape index (κ3) is 1.04. The van der Waals surface area contributed by atoms with E-state index < -0.39 is 11.4 Å². The van der Waals surface area contributed by atoms with Gasteiger partial charge in [0.05, 0.1) is 5.71 Å². The van der Waals surface area contributed by atoms with Gasteiger partial charge in [0.2, 0.25) is 0 Å². The maximum Gasteiger partial charge on any atom is 0.315 e.